The zero-order chi connectivity index (χ0) is 20.6. The van der Waals surface area contributed by atoms with Crippen LogP contribution in [0.5, 0.6) is 5.75 Å². The van der Waals surface area contributed by atoms with Crippen molar-refractivity contribution in [2.75, 3.05) is 20.2 Å². The van der Waals surface area contributed by atoms with Crippen molar-refractivity contribution in [2.45, 2.75) is 39.4 Å². The number of nitrogens with one attached hydrogen (secondary N) is 2. The van der Waals surface area contributed by atoms with E-state index in [1.54, 1.807) is 30.5 Å². The van der Waals surface area contributed by atoms with Crippen LogP contribution < -0.4 is 15.4 Å². The van der Waals surface area contributed by atoms with Gasteiger partial charge >= 0.3 is 6.18 Å². The highest BCUT2D eigenvalue weighted by Crippen LogP contribution is 2.19. The third kappa shape index (κ3) is 7.38. The smallest absolute Gasteiger partial charge is 0.422 e. The van der Waals surface area contributed by atoms with Crippen molar-refractivity contribution < 1.29 is 17.9 Å². The van der Waals surface area contributed by atoms with E-state index in [-0.39, 0.29) is 5.75 Å². The molecule has 9 heteroatoms. The molecule has 1 aromatic carbocycles. The minimum Gasteiger partial charge on any atom is -0.484 e. The van der Waals surface area contributed by atoms with E-state index in [0.29, 0.717) is 19.0 Å². The molecule has 0 saturated heterocycles. The summed E-state index contributed by atoms with van der Waals surface area (Å²) in [5, 5.41) is 7.52. The van der Waals surface area contributed by atoms with Crippen molar-refractivity contribution in [2.24, 2.45) is 4.99 Å². The Bertz CT molecular complexity index is 772. The van der Waals surface area contributed by atoms with Gasteiger partial charge in [0.1, 0.15) is 5.75 Å². The van der Waals surface area contributed by atoms with Crippen molar-refractivity contribution in [1.82, 2.24) is 15.6 Å². The minimum absolute atomic E-state index is 0.189. The molecule has 2 N–H and O–H groups in total. The molecule has 2 rings (SSSR count). The van der Waals surface area contributed by atoms with Gasteiger partial charge in [0.05, 0.1) is 10.7 Å². The fraction of sp³-hybridized carbons (Fsp3) is 0.474. The monoisotopic (exact) mass is 414 g/mol. The molecule has 0 saturated carbocycles. The van der Waals surface area contributed by atoms with Crippen LogP contribution in [0.4, 0.5) is 13.2 Å². The van der Waals surface area contributed by atoms with E-state index in [0.717, 1.165) is 29.1 Å². The first-order valence-corrected chi connectivity index (χ1v) is 9.80. The van der Waals surface area contributed by atoms with Gasteiger partial charge in [0.2, 0.25) is 0 Å². The molecule has 0 amide bonds. The first-order valence-electron chi connectivity index (χ1n) is 8.99. The third-order valence-corrected chi connectivity index (χ3v) is 4.99. The molecule has 0 radical (unpaired) electrons. The lowest BCUT2D eigenvalue weighted by Crippen LogP contribution is -2.37. The molecule has 0 unspecified atom stereocenters. The second-order valence-corrected chi connectivity index (χ2v) is 7.40. The number of aliphatic imine (C=N–C) groups is 1. The Labute approximate surface area is 167 Å². The average molecular weight is 414 g/mol. The summed E-state index contributed by atoms with van der Waals surface area (Å²) >= 11 is 1.72. The van der Waals surface area contributed by atoms with Gasteiger partial charge in [0.15, 0.2) is 12.6 Å². The number of hydrogen-bond donors (Lipinski definition) is 2. The van der Waals surface area contributed by atoms with Crippen molar-refractivity contribution in [1.29, 1.82) is 0 Å². The number of aromatic nitrogens is 1. The quantitative estimate of drug-likeness (QED) is 0.509. The molecule has 1 aromatic heterocycles. The van der Waals surface area contributed by atoms with Gasteiger partial charge < -0.3 is 15.4 Å². The van der Waals surface area contributed by atoms with Crippen LogP contribution in [-0.4, -0.2) is 37.3 Å². The Morgan fingerprint density at radius 2 is 1.93 bits per heavy atom. The number of guanidine groups is 1. The van der Waals surface area contributed by atoms with Gasteiger partial charge in [0.25, 0.3) is 0 Å². The summed E-state index contributed by atoms with van der Waals surface area (Å²) < 4.78 is 41.2. The fourth-order valence-electron chi connectivity index (χ4n) is 2.49. The number of nitrogens with zero attached hydrogens (tertiary/aromatic N) is 2. The highest BCUT2D eigenvalue weighted by atomic mass is 32.1. The van der Waals surface area contributed by atoms with E-state index < -0.39 is 12.8 Å². The Kier molecular flexibility index (Phi) is 8.10. The van der Waals surface area contributed by atoms with Gasteiger partial charge in [-0.3, -0.25) is 4.99 Å². The normalized spacial score (nSPS) is 12.1. The molecule has 0 fully saturated rings. The molecule has 0 aliphatic heterocycles. The standard InChI is InChI=1S/C19H25F3N4OS/c1-4-16-13(2)28-17(26-16)9-10-24-18(23-3)25-11-14-5-7-15(8-6-14)27-12-19(20,21)22/h5-8H,4,9-12H2,1-3H3,(H2,23,24,25). The van der Waals surface area contributed by atoms with Gasteiger partial charge in [-0.2, -0.15) is 13.2 Å². The topological polar surface area (TPSA) is 58.5 Å². The second-order valence-electron chi connectivity index (χ2n) is 6.11. The number of ether oxygens (including phenoxy) is 1. The predicted molar refractivity (Wildman–Crippen MR) is 106 cm³/mol. The van der Waals surface area contributed by atoms with Crippen LogP contribution in [-0.2, 0) is 19.4 Å². The molecule has 0 atom stereocenters. The Hall–Kier alpha value is -2.29. The number of alkyl halides is 3. The van der Waals surface area contributed by atoms with E-state index in [2.05, 4.69) is 34.5 Å². The van der Waals surface area contributed by atoms with Crippen LogP contribution in [0.25, 0.3) is 0 Å². The second kappa shape index (κ2) is 10.3. The summed E-state index contributed by atoms with van der Waals surface area (Å²) in [6.07, 6.45) is -2.58. The van der Waals surface area contributed by atoms with Gasteiger partial charge in [-0.25, -0.2) is 4.98 Å². The van der Waals surface area contributed by atoms with Crippen molar-refractivity contribution in [3.8, 4) is 5.75 Å². The van der Waals surface area contributed by atoms with E-state index in [9.17, 15) is 13.2 Å². The van der Waals surface area contributed by atoms with Crippen LogP contribution in [0, 0.1) is 6.92 Å². The Morgan fingerprint density at radius 1 is 1.21 bits per heavy atom. The lowest BCUT2D eigenvalue weighted by molar-refractivity contribution is -0.153. The zero-order valence-corrected chi connectivity index (χ0v) is 17.0. The van der Waals surface area contributed by atoms with Gasteiger partial charge in [-0.1, -0.05) is 19.1 Å². The lowest BCUT2D eigenvalue weighted by Gasteiger charge is -2.12. The maximum atomic E-state index is 12.2. The first kappa shape index (κ1) is 22.0. The van der Waals surface area contributed by atoms with Gasteiger partial charge in [-0.05, 0) is 31.0 Å². The minimum atomic E-state index is -4.34. The molecule has 2 aromatic rings. The van der Waals surface area contributed by atoms with E-state index >= 15 is 0 Å². The molecular formula is C19H25F3N4OS. The Morgan fingerprint density at radius 3 is 2.50 bits per heavy atom. The molecule has 5 nitrogen and oxygen atoms in total. The summed E-state index contributed by atoms with van der Waals surface area (Å²) in [7, 11) is 1.69. The van der Waals surface area contributed by atoms with E-state index in [4.69, 9.17) is 4.74 Å². The number of hydrogen-bond acceptors (Lipinski definition) is 4. The fourth-order valence-corrected chi connectivity index (χ4v) is 3.51. The number of benzene rings is 1. The molecule has 1 heterocycles. The van der Waals surface area contributed by atoms with Crippen LogP contribution in [0.3, 0.4) is 0 Å². The largest absolute Gasteiger partial charge is 0.484 e. The highest BCUT2D eigenvalue weighted by molar-refractivity contribution is 7.11. The van der Waals surface area contributed by atoms with Crippen molar-refractivity contribution in [3.05, 3.63) is 45.4 Å². The van der Waals surface area contributed by atoms with Crippen LogP contribution in [0.2, 0.25) is 0 Å². The first-order chi connectivity index (χ1) is 13.3. The summed E-state index contributed by atoms with van der Waals surface area (Å²) in [5.74, 6) is 0.843. The summed E-state index contributed by atoms with van der Waals surface area (Å²) in [5.41, 5.74) is 2.07. The molecular weight excluding hydrogens is 389 g/mol. The maximum absolute atomic E-state index is 12.2. The number of thiazole rings is 1. The average Bonchev–Trinajstić information content (AvgIpc) is 3.02. The lowest BCUT2D eigenvalue weighted by atomic mass is 10.2. The van der Waals surface area contributed by atoms with Crippen LogP contribution in [0.1, 0.15) is 28.1 Å². The SMILES string of the molecule is CCc1nc(CCNC(=NC)NCc2ccc(OCC(F)(F)F)cc2)sc1C. The molecule has 0 aliphatic rings. The van der Waals surface area contributed by atoms with Gasteiger partial charge in [-0.15, -0.1) is 11.3 Å². The molecule has 0 bridgehead atoms. The summed E-state index contributed by atoms with van der Waals surface area (Å²) in [4.78, 5) is 10.1. The summed E-state index contributed by atoms with van der Waals surface area (Å²) in [6, 6.07) is 6.48. The highest BCUT2D eigenvalue weighted by Gasteiger charge is 2.28. The molecule has 28 heavy (non-hydrogen) atoms. The zero-order valence-electron chi connectivity index (χ0n) is 16.2. The maximum Gasteiger partial charge on any atom is 0.422 e. The third-order valence-electron chi connectivity index (χ3n) is 3.91. The predicted octanol–water partition coefficient (Wildman–Crippen LogP) is 3.86. The number of rotatable bonds is 8. The van der Waals surface area contributed by atoms with Gasteiger partial charge in [0, 0.05) is 31.4 Å². The van der Waals surface area contributed by atoms with Crippen LogP contribution in [0.15, 0.2) is 29.3 Å². The molecule has 0 spiro atoms. The van der Waals surface area contributed by atoms with Crippen molar-refractivity contribution >= 4 is 17.3 Å². The molecule has 0 aliphatic carbocycles. The number of halogens is 3. The number of aryl methyl sites for hydroxylation is 2. The molecule has 154 valence electrons. The van der Waals surface area contributed by atoms with Crippen molar-refractivity contribution in [3.63, 3.8) is 0 Å². The van der Waals surface area contributed by atoms with Crippen LogP contribution >= 0.6 is 11.3 Å². The van der Waals surface area contributed by atoms with E-state index in [1.807, 2.05) is 0 Å². The summed E-state index contributed by atoms with van der Waals surface area (Å²) in [6.45, 7) is 4.10. The van der Waals surface area contributed by atoms with E-state index in [1.165, 1.54) is 17.0 Å². The Balaban J connectivity index is 1.75.